The standard InChI is InChI=1S/C15H10Cl2N2O2/c16-10-6-11(17)15-18-12(8-19(15)7-10)9-1-2-13-14(5-9)21-4-3-20-13/h1-2,5-8H,3-4H2. The van der Waals surface area contributed by atoms with E-state index in [1.54, 1.807) is 12.3 Å². The Kier molecular flexibility index (Phi) is 2.94. The first kappa shape index (κ1) is 12.8. The van der Waals surface area contributed by atoms with E-state index in [0.717, 1.165) is 22.8 Å². The van der Waals surface area contributed by atoms with Gasteiger partial charge in [-0.05, 0) is 24.3 Å². The van der Waals surface area contributed by atoms with Crippen molar-refractivity contribution in [2.75, 3.05) is 13.2 Å². The average molecular weight is 321 g/mol. The predicted octanol–water partition coefficient (Wildman–Crippen LogP) is 4.08. The van der Waals surface area contributed by atoms with Gasteiger partial charge in [-0.1, -0.05) is 23.2 Å². The summed E-state index contributed by atoms with van der Waals surface area (Å²) in [5.74, 6) is 1.50. The van der Waals surface area contributed by atoms with E-state index in [-0.39, 0.29) is 0 Å². The summed E-state index contributed by atoms with van der Waals surface area (Å²) in [7, 11) is 0. The Morgan fingerprint density at radius 2 is 1.81 bits per heavy atom. The maximum Gasteiger partial charge on any atom is 0.162 e. The number of ether oxygens (including phenoxy) is 2. The topological polar surface area (TPSA) is 35.8 Å². The van der Waals surface area contributed by atoms with E-state index in [4.69, 9.17) is 32.7 Å². The van der Waals surface area contributed by atoms with Crippen LogP contribution in [0.2, 0.25) is 10.0 Å². The lowest BCUT2D eigenvalue weighted by atomic mass is 10.1. The number of aromatic nitrogens is 2. The van der Waals surface area contributed by atoms with Crippen molar-refractivity contribution in [2.45, 2.75) is 0 Å². The molecule has 0 spiro atoms. The van der Waals surface area contributed by atoms with Crippen molar-refractivity contribution in [2.24, 2.45) is 0 Å². The second kappa shape index (κ2) is 4.83. The van der Waals surface area contributed by atoms with E-state index >= 15 is 0 Å². The molecular formula is C15H10Cl2N2O2. The van der Waals surface area contributed by atoms with Crippen molar-refractivity contribution in [3.05, 3.63) is 46.7 Å². The third-order valence-corrected chi connectivity index (χ3v) is 3.80. The van der Waals surface area contributed by atoms with Crippen LogP contribution < -0.4 is 9.47 Å². The Morgan fingerprint density at radius 1 is 1.00 bits per heavy atom. The minimum Gasteiger partial charge on any atom is -0.486 e. The molecule has 0 unspecified atom stereocenters. The monoisotopic (exact) mass is 320 g/mol. The number of rotatable bonds is 1. The molecule has 3 aromatic rings. The number of nitrogens with zero attached hydrogens (tertiary/aromatic N) is 2. The maximum absolute atomic E-state index is 6.17. The minimum absolute atomic E-state index is 0.520. The molecule has 0 bridgehead atoms. The smallest absolute Gasteiger partial charge is 0.162 e. The van der Waals surface area contributed by atoms with Crippen LogP contribution in [0.3, 0.4) is 0 Å². The third kappa shape index (κ3) is 2.20. The SMILES string of the molecule is Clc1cc(Cl)c2nc(-c3ccc4c(c3)OCCO4)cn2c1. The molecule has 0 atom stereocenters. The molecule has 0 fully saturated rings. The summed E-state index contributed by atoms with van der Waals surface area (Å²) in [5.41, 5.74) is 2.41. The summed E-state index contributed by atoms with van der Waals surface area (Å²) >= 11 is 12.2. The van der Waals surface area contributed by atoms with Crippen LogP contribution in [0.5, 0.6) is 11.5 Å². The fraction of sp³-hybridized carbons (Fsp3) is 0.133. The molecule has 0 saturated heterocycles. The summed E-state index contributed by atoms with van der Waals surface area (Å²) < 4.78 is 12.9. The van der Waals surface area contributed by atoms with Crippen LogP contribution in [0, 0.1) is 0 Å². The zero-order chi connectivity index (χ0) is 14.4. The van der Waals surface area contributed by atoms with Gasteiger partial charge in [0.25, 0.3) is 0 Å². The Labute approximate surface area is 130 Å². The van der Waals surface area contributed by atoms with Gasteiger partial charge in [-0.25, -0.2) is 4.98 Å². The summed E-state index contributed by atoms with van der Waals surface area (Å²) in [6.45, 7) is 1.14. The van der Waals surface area contributed by atoms with E-state index in [9.17, 15) is 0 Å². The van der Waals surface area contributed by atoms with Gasteiger partial charge in [0, 0.05) is 18.0 Å². The predicted molar refractivity (Wildman–Crippen MR) is 81.6 cm³/mol. The highest BCUT2D eigenvalue weighted by atomic mass is 35.5. The van der Waals surface area contributed by atoms with Crippen LogP contribution in [0.4, 0.5) is 0 Å². The molecule has 0 radical (unpaired) electrons. The van der Waals surface area contributed by atoms with Crippen molar-refractivity contribution in [3.8, 4) is 22.8 Å². The third-order valence-electron chi connectivity index (χ3n) is 3.31. The number of hydrogen-bond donors (Lipinski definition) is 0. The molecule has 4 rings (SSSR count). The molecule has 0 aliphatic carbocycles. The summed E-state index contributed by atoms with van der Waals surface area (Å²) in [5, 5.41) is 1.09. The highest BCUT2D eigenvalue weighted by Gasteiger charge is 2.14. The normalized spacial score (nSPS) is 13.6. The van der Waals surface area contributed by atoms with Gasteiger partial charge in [0.1, 0.15) is 13.2 Å². The van der Waals surface area contributed by atoms with Crippen LogP contribution in [0.15, 0.2) is 36.7 Å². The van der Waals surface area contributed by atoms with Crippen LogP contribution in [-0.2, 0) is 0 Å². The van der Waals surface area contributed by atoms with Crippen LogP contribution >= 0.6 is 23.2 Å². The average Bonchev–Trinajstić information content (AvgIpc) is 2.91. The quantitative estimate of drug-likeness (QED) is 0.677. The van der Waals surface area contributed by atoms with Crippen LogP contribution in [0.25, 0.3) is 16.9 Å². The van der Waals surface area contributed by atoms with Crippen molar-refractivity contribution in [3.63, 3.8) is 0 Å². The number of pyridine rings is 1. The first-order chi connectivity index (χ1) is 10.2. The molecule has 0 saturated carbocycles. The van der Waals surface area contributed by atoms with Crippen molar-refractivity contribution >= 4 is 28.8 Å². The maximum atomic E-state index is 6.17. The van der Waals surface area contributed by atoms with E-state index in [1.165, 1.54) is 0 Å². The number of imidazole rings is 1. The highest BCUT2D eigenvalue weighted by Crippen LogP contribution is 2.34. The van der Waals surface area contributed by atoms with E-state index in [0.29, 0.717) is 28.9 Å². The lowest BCUT2D eigenvalue weighted by Gasteiger charge is -2.18. The van der Waals surface area contributed by atoms with Crippen LogP contribution in [-0.4, -0.2) is 22.6 Å². The first-order valence-electron chi connectivity index (χ1n) is 6.44. The van der Waals surface area contributed by atoms with Gasteiger partial charge in [-0.2, -0.15) is 0 Å². The van der Waals surface area contributed by atoms with Crippen LogP contribution in [0.1, 0.15) is 0 Å². The summed E-state index contributed by atoms with van der Waals surface area (Å²) in [6.07, 6.45) is 3.66. The zero-order valence-electron chi connectivity index (χ0n) is 10.8. The number of halogens is 2. The van der Waals surface area contributed by atoms with E-state index in [2.05, 4.69) is 4.98 Å². The first-order valence-corrected chi connectivity index (χ1v) is 7.20. The molecule has 106 valence electrons. The molecule has 0 amide bonds. The largest absolute Gasteiger partial charge is 0.486 e. The molecule has 6 heteroatoms. The fourth-order valence-electron chi connectivity index (χ4n) is 2.37. The van der Waals surface area contributed by atoms with Gasteiger partial charge in [0.05, 0.1) is 15.7 Å². The second-order valence-corrected chi connectivity index (χ2v) is 5.57. The van der Waals surface area contributed by atoms with Gasteiger partial charge in [-0.15, -0.1) is 0 Å². The van der Waals surface area contributed by atoms with Crippen molar-refractivity contribution in [1.29, 1.82) is 0 Å². The van der Waals surface area contributed by atoms with Crippen molar-refractivity contribution < 1.29 is 9.47 Å². The molecule has 3 heterocycles. The Bertz CT molecular complexity index is 845. The van der Waals surface area contributed by atoms with E-state index in [1.807, 2.05) is 28.8 Å². The minimum atomic E-state index is 0.520. The number of benzene rings is 1. The molecule has 1 aromatic carbocycles. The number of hydrogen-bond acceptors (Lipinski definition) is 3. The molecule has 4 nitrogen and oxygen atoms in total. The highest BCUT2D eigenvalue weighted by molar-refractivity contribution is 6.36. The Hall–Kier alpha value is -1.91. The Balaban J connectivity index is 1.84. The molecular weight excluding hydrogens is 311 g/mol. The lowest BCUT2D eigenvalue weighted by Crippen LogP contribution is -2.15. The molecule has 1 aliphatic heterocycles. The van der Waals surface area contributed by atoms with Gasteiger partial charge in [0.15, 0.2) is 17.1 Å². The number of fused-ring (bicyclic) bond motifs is 2. The molecule has 2 aromatic heterocycles. The van der Waals surface area contributed by atoms with Crippen molar-refractivity contribution in [1.82, 2.24) is 9.38 Å². The summed E-state index contributed by atoms with van der Waals surface area (Å²) in [6, 6.07) is 7.44. The molecule has 21 heavy (non-hydrogen) atoms. The zero-order valence-corrected chi connectivity index (χ0v) is 12.4. The lowest BCUT2D eigenvalue weighted by molar-refractivity contribution is 0.171. The van der Waals surface area contributed by atoms with Gasteiger partial charge >= 0.3 is 0 Å². The van der Waals surface area contributed by atoms with Gasteiger partial charge in [0.2, 0.25) is 0 Å². The Morgan fingerprint density at radius 3 is 2.67 bits per heavy atom. The fourth-order valence-corrected chi connectivity index (χ4v) is 2.89. The van der Waals surface area contributed by atoms with Gasteiger partial charge < -0.3 is 13.9 Å². The second-order valence-electron chi connectivity index (χ2n) is 4.72. The van der Waals surface area contributed by atoms with Gasteiger partial charge in [-0.3, -0.25) is 0 Å². The molecule has 0 N–H and O–H groups in total. The summed E-state index contributed by atoms with van der Waals surface area (Å²) in [4.78, 5) is 4.55. The van der Waals surface area contributed by atoms with E-state index < -0.39 is 0 Å². The molecule has 1 aliphatic rings.